The normalized spacial score (nSPS) is 10.5. The highest BCUT2D eigenvalue weighted by molar-refractivity contribution is 6.32. The fourth-order valence-corrected chi connectivity index (χ4v) is 1.92. The first-order valence-electron chi connectivity index (χ1n) is 5.82. The lowest BCUT2D eigenvalue weighted by Crippen LogP contribution is -2.29. The Morgan fingerprint density at radius 3 is 2.89 bits per heavy atom. The van der Waals surface area contributed by atoms with Crippen LogP contribution in [0.2, 0.25) is 5.02 Å². The Morgan fingerprint density at radius 2 is 2.21 bits per heavy atom. The summed E-state index contributed by atoms with van der Waals surface area (Å²) < 4.78 is 0. The van der Waals surface area contributed by atoms with Crippen LogP contribution in [0.25, 0.3) is 10.9 Å². The van der Waals surface area contributed by atoms with E-state index in [0.717, 1.165) is 22.0 Å². The van der Waals surface area contributed by atoms with E-state index in [-0.39, 0.29) is 12.3 Å². The number of amides is 1. The first-order chi connectivity index (χ1) is 8.99. The summed E-state index contributed by atoms with van der Waals surface area (Å²) in [5.74, 6) is 0.167. The predicted octanol–water partition coefficient (Wildman–Crippen LogP) is 2.09. The molecule has 0 aliphatic carbocycles. The van der Waals surface area contributed by atoms with Crippen molar-refractivity contribution in [2.75, 3.05) is 0 Å². The number of fused-ring (bicyclic) bond motifs is 1. The summed E-state index contributed by atoms with van der Waals surface area (Å²) in [6, 6.07) is 3.61. The van der Waals surface area contributed by atoms with E-state index in [2.05, 4.69) is 15.5 Å². The second kappa shape index (κ2) is 5.32. The molecule has 2 rings (SSSR count). The summed E-state index contributed by atoms with van der Waals surface area (Å²) in [5.41, 5.74) is 8.05. The number of nitrogens with two attached hydrogens (primary N) is 1. The van der Waals surface area contributed by atoms with Crippen LogP contribution in [0.15, 0.2) is 29.7 Å². The number of halogens is 1. The molecule has 0 spiro atoms. The zero-order chi connectivity index (χ0) is 14.0. The maximum absolute atomic E-state index is 11.9. The Balaban J connectivity index is 2.26. The number of aromatic amines is 1. The minimum atomic E-state index is -0.206. The molecule has 0 bridgehead atoms. The summed E-state index contributed by atoms with van der Waals surface area (Å²) in [6.45, 7) is 3.66. The molecule has 0 saturated carbocycles. The number of rotatable bonds is 3. The van der Waals surface area contributed by atoms with E-state index in [1.165, 1.54) is 0 Å². The number of carbonyl (C=O) groups is 1. The zero-order valence-corrected chi connectivity index (χ0v) is 11.5. The molecule has 19 heavy (non-hydrogen) atoms. The molecule has 4 N–H and O–H groups in total. The first-order valence-corrected chi connectivity index (χ1v) is 6.20. The van der Waals surface area contributed by atoms with Crippen molar-refractivity contribution in [3.8, 4) is 0 Å². The molecule has 1 heterocycles. The van der Waals surface area contributed by atoms with Gasteiger partial charge in [0.1, 0.15) is 5.82 Å². The Hall–Kier alpha value is -2.01. The quantitative estimate of drug-likeness (QED) is 0.804. The van der Waals surface area contributed by atoms with E-state index in [1.807, 2.05) is 19.9 Å². The molecule has 0 atom stereocenters. The Labute approximate surface area is 115 Å². The SMILES string of the molecule is CC(C)=C(N)NC(=O)Cc1c(Cl)ccc2cn[nH]c12. The average molecular weight is 279 g/mol. The number of carbonyl (C=O) groups excluding carboxylic acids is 1. The van der Waals surface area contributed by atoms with Gasteiger partial charge in [-0.2, -0.15) is 5.10 Å². The van der Waals surface area contributed by atoms with Crippen LogP contribution in [0.3, 0.4) is 0 Å². The lowest BCUT2D eigenvalue weighted by molar-refractivity contribution is -0.119. The van der Waals surface area contributed by atoms with Gasteiger partial charge in [-0.15, -0.1) is 0 Å². The number of hydrogen-bond acceptors (Lipinski definition) is 3. The number of nitrogens with zero attached hydrogens (tertiary/aromatic N) is 1. The van der Waals surface area contributed by atoms with E-state index in [4.69, 9.17) is 17.3 Å². The van der Waals surface area contributed by atoms with Crippen molar-refractivity contribution in [2.24, 2.45) is 5.73 Å². The molecule has 6 heteroatoms. The molecule has 0 radical (unpaired) electrons. The van der Waals surface area contributed by atoms with Gasteiger partial charge in [0.25, 0.3) is 0 Å². The van der Waals surface area contributed by atoms with Crippen LogP contribution >= 0.6 is 11.6 Å². The molecule has 100 valence electrons. The summed E-state index contributed by atoms with van der Waals surface area (Å²) in [5, 5.41) is 10.9. The van der Waals surface area contributed by atoms with Gasteiger partial charge in [0, 0.05) is 16.0 Å². The highest BCUT2D eigenvalue weighted by Gasteiger charge is 2.12. The summed E-state index contributed by atoms with van der Waals surface area (Å²) >= 11 is 6.13. The van der Waals surface area contributed by atoms with E-state index in [0.29, 0.717) is 10.8 Å². The van der Waals surface area contributed by atoms with Gasteiger partial charge >= 0.3 is 0 Å². The molecular weight excluding hydrogens is 264 g/mol. The van der Waals surface area contributed by atoms with Gasteiger partial charge in [-0.05, 0) is 31.6 Å². The second-order valence-electron chi connectivity index (χ2n) is 4.50. The Bertz CT molecular complexity index is 656. The third-order valence-corrected chi connectivity index (χ3v) is 3.17. The van der Waals surface area contributed by atoms with Crippen molar-refractivity contribution in [2.45, 2.75) is 20.3 Å². The highest BCUT2D eigenvalue weighted by atomic mass is 35.5. The van der Waals surface area contributed by atoms with Gasteiger partial charge in [0.2, 0.25) is 5.91 Å². The molecule has 0 fully saturated rings. The molecule has 1 amide bonds. The lowest BCUT2D eigenvalue weighted by Gasteiger charge is -2.08. The van der Waals surface area contributed by atoms with Crippen molar-refractivity contribution in [1.29, 1.82) is 0 Å². The van der Waals surface area contributed by atoms with Gasteiger partial charge < -0.3 is 11.1 Å². The van der Waals surface area contributed by atoms with E-state index in [9.17, 15) is 4.79 Å². The van der Waals surface area contributed by atoms with E-state index in [1.54, 1.807) is 12.3 Å². The molecule has 1 aromatic carbocycles. The van der Waals surface area contributed by atoms with Crippen LogP contribution in [0.1, 0.15) is 19.4 Å². The standard InChI is InChI=1S/C13H15ClN4O/c1-7(2)13(15)17-11(19)5-9-10(14)4-3-8-6-16-18-12(8)9/h3-4,6H,5,15H2,1-2H3,(H,16,18)(H,17,19). The number of benzene rings is 1. The van der Waals surface area contributed by atoms with E-state index < -0.39 is 0 Å². The monoisotopic (exact) mass is 278 g/mol. The van der Waals surface area contributed by atoms with Crippen LogP contribution < -0.4 is 11.1 Å². The molecule has 1 aromatic heterocycles. The fraction of sp³-hybridized carbons (Fsp3) is 0.231. The topological polar surface area (TPSA) is 83.8 Å². The van der Waals surface area contributed by atoms with Crippen LogP contribution in [-0.4, -0.2) is 16.1 Å². The number of allylic oxidation sites excluding steroid dienone is 1. The summed E-state index contributed by atoms with van der Waals surface area (Å²) in [6.07, 6.45) is 1.84. The maximum Gasteiger partial charge on any atom is 0.230 e. The van der Waals surface area contributed by atoms with Crippen LogP contribution in [0.5, 0.6) is 0 Å². The molecule has 0 aliphatic heterocycles. The summed E-state index contributed by atoms with van der Waals surface area (Å²) in [7, 11) is 0. The van der Waals surface area contributed by atoms with Crippen molar-refractivity contribution in [3.63, 3.8) is 0 Å². The van der Waals surface area contributed by atoms with Gasteiger partial charge in [0.05, 0.1) is 18.1 Å². The Kier molecular flexibility index (Phi) is 3.76. The van der Waals surface area contributed by atoms with Crippen LogP contribution in [0, 0.1) is 0 Å². The molecular formula is C13H15ClN4O. The minimum absolute atomic E-state index is 0.145. The molecule has 5 nitrogen and oxygen atoms in total. The number of nitrogens with one attached hydrogen (secondary N) is 2. The number of aromatic nitrogens is 2. The smallest absolute Gasteiger partial charge is 0.230 e. The highest BCUT2D eigenvalue weighted by Crippen LogP contribution is 2.24. The van der Waals surface area contributed by atoms with Gasteiger partial charge in [-0.3, -0.25) is 9.89 Å². The average Bonchev–Trinajstić information content (AvgIpc) is 2.81. The van der Waals surface area contributed by atoms with Gasteiger partial charge in [-0.25, -0.2) is 0 Å². The maximum atomic E-state index is 11.9. The van der Waals surface area contributed by atoms with Crippen molar-refractivity contribution < 1.29 is 4.79 Å². The zero-order valence-electron chi connectivity index (χ0n) is 10.7. The van der Waals surface area contributed by atoms with Crippen LogP contribution in [0.4, 0.5) is 0 Å². The third kappa shape index (κ3) is 2.88. The van der Waals surface area contributed by atoms with Gasteiger partial charge in [0.15, 0.2) is 0 Å². The molecule has 0 aliphatic rings. The summed E-state index contributed by atoms with van der Waals surface area (Å²) in [4.78, 5) is 11.9. The first kappa shape index (κ1) is 13.4. The van der Waals surface area contributed by atoms with Crippen molar-refractivity contribution >= 4 is 28.4 Å². The van der Waals surface area contributed by atoms with Gasteiger partial charge in [-0.1, -0.05) is 11.6 Å². The van der Waals surface area contributed by atoms with Crippen molar-refractivity contribution in [3.05, 3.63) is 40.3 Å². The lowest BCUT2D eigenvalue weighted by atomic mass is 10.1. The second-order valence-corrected chi connectivity index (χ2v) is 4.91. The predicted molar refractivity (Wildman–Crippen MR) is 75.5 cm³/mol. The van der Waals surface area contributed by atoms with Crippen molar-refractivity contribution in [1.82, 2.24) is 15.5 Å². The van der Waals surface area contributed by atoms with E-state index >= 15 is 0 Å². The van der Waals surface area contributed by atoms with Crippen LogP contribution in [-0.2, 0) is 11.2 Å². The number of H-pyrrole nitrogens is 1. The largest absolute Gasteiger partial charge is 0.385 e. The molecule has 0 unspecified atom stereocenters. The Morgan fingerprint density at radius 1 is 1.47 bits per heavy atom. The molecule has 2 aromatic rings. The third-order valence-electron chi connectivity index (χ3n) is 2.82. The fourth-order valence-electron chi connectivity index (χ4n) is 1.70. The number of hydrogen-bond donors (Lipinski definition) is 3. The molecule has 0 saturated heterocycles. The minimum Gasteiger partial charge on any atom is -0.385 e.